The van der Waals surface area contributed by atoms with E-state index in [1.807, 2.05) is 6.07 Å². The molecular formula is C16H21F3N2O. The van der Waals surface area contributed by atoms with E-state index in [0.29, 0.717) is 18.5 Å². The molecule has 1 fully saturated rings. The third kappa shape index (κ3) is 4.47. The lowest BCUT2D eigenvalue weighted by Crippen LogP contribution is -2.38. The van der Waals surface area contributed by atoms with E-state index in [9.17, 15) is 18.0 Å². The summed E-state index contributed by atoms with van der Waals surface area (Å²) >= 11 is 0. The molecule has 6 heteroatoms. The molecule has 122 valence electrons. The minimum atomic E-state index is -4.10. The molecule has 2 N–H and O–H groups in total. The highest BCUT2D eigenvalue weighted by molar-refractivity contribution is 5.94. The van der Waals surface area contributed by atoms with E-state index in [2.05, 4.69) is 10.6 Å². The minimum absolute atomic E-state index is 0.121. The van der Waals surface area contributed by atoms with Gasteiger partial charge in [0.1, 0.15) is 0 Å². The van der Waals surface area contributed by atoms with Gasteiger partial charge in [0.25, 0.3) is 5.91 Å². The van der Waals surface area contributed by atoms with E-state index in [4.69, 9.17) is 0 Å². The fraction of sp³-hybridized carbons (Fsp3) is 0.562. The normalized spacial score (nSPS) is 22.4. The number of hydrogen-bond acceptors (Lipinski definition) is 2. The monoisotopic (exact) mass is 314 g/mol. The molecule has 1 saturated carbocycles. The number of benzene rings is 1. The van der Waals surface area contributed by atoms with Crippen LogP contribution in [0.2, 0.25) is 0 Å². The number of halogens is 3. The molecule has 0 heterocycles. The van der Waals surface area contributed by atoms with Crippen molar-refractivity contribution < 1.29 is 18.0 Å². The topological polar surface area (TPSA) is 41.1 Å². The Kier molecular flexibility index (Phi) is 5.45. The maximum Gasteiger partial charge on any atom is 0.391 e. The molecule has 0 unspecified atom stereocenters. The standard InChI is InChI=1S/C16H21F3N2O/c1-20-15(22)12-5-2-4-11(8-12)10-21-14-7-3-6-13(9-14)16(17,18)19/h2,4-5,8,13-14,21H,3,6-7,9-10H2,1H3,(H,20,22)/t13-,14-/m1/s1. The second kappa shape index (κ2) is 7.13. The number of hydrogen-bond donors (Lipinski definition) is 2. The van der Waals surface area contributed by atoms with Crippen molar-refractivity contribution in [3.05, 3.63) is 35.4 Å². The fourth-order valence-electron chi connectivity index (χ4n) is 2.90. The summed E-state index contributed by atoms with van der Waals surface area (Å²) in [6.07, 6.45) is -2.37. The van der Waals surface area contributed by atoms with Gasteiger partial charge < -0.3 is 10.6 Å². The molecule has 1 amide bonds. The zero-order valence-electron chi connectivity index (χ0n) is 12.5. The Hall–Kier alpha value is -1.56. The smallest absolute Gasteiger partial charge is 0.355 e. The average Bonchev–Trinajstić information content (AvgIpc) is 2.52. The quantitative estimate of drug-likeness (QED) is 0.895. The van der Waals surface area contributed by atoms with Crippen LogP contribution in [-0.2, 0) is 6.54 Å². The molecule has 0 aromatic heterocycles. The van der Waals surface area contributed by atoms with E-state index >= 15 is 0 Å². The van der Waals surface area contributed by atoms with Crippen LogP contribution >= 0.6 is 0 Å². The molecule has 22 heavy (non-hydrogen) atoms. The number of carbonyl (C=O) groups excluding carboxylic acids is 1. The van der Waals surface area contributed by atoms with Crippen LogP contribution in [0.3, 0.4) is 0 Å². The highest BCUT2D eigenvalue weighted by Gasteiger charge is 2.41. The van der Waals surface area contributed by atoms with Crippen molar-refractivity contribution in [1.29, 1.82) is 0 Å². The minimum Gasteiger partial charge on any atom is -0.355 e. The van der Waals surface area contributed by atoms with Gasteiger partial charge in [-0.05, 0) is 37.0 Å². The molecule has 0 bridgehead atoms. The number of rotatable bonds is 4. The summed E-state index contributed by atoms with van der Waals surface area (Å²) in [7, 11) is 1.56. The lowest BCUT2D eigenvalue weighted by molar-refractivity contribution is -0.183. The SMILES string of the molecule is CNC(=O)c1cccc(CN[C@@H]2CCC[C@@H](C(F)(F)F)C2)c1. The second-order valence-corrected chi connectivity index (χ2v) is 5.76. The number of nitrogens with one attached hydrogen (secondary N) is 2. The van der Waals surface area contributed by atoms with Crippen molar-refractivity contribution in [3.8, 4) is 0 Å². The Labute approximate surface area is 128 Å². The average molecular weight is 314 g/mol. The summed E-state index contributed by atoms with van der Waals surface area (Å²) in [6, 6.07) is 6.99. The van der Waals surface area contributed by atoms with Gasteiger partial charge in [0.15, 0.2) is 0 Å². The van der Waals surface area contributed by atoms with Crippen molar-refractivity contribution in [2.24, 2.45) is 5.92 Å². The summed E-state index contributed by atoms with van der Waals surface area (Å²) in [4.78, 5) is 11.6. The maximum absolute atomic E-state index is 12.8. The van der Waals surface area contributed by atoms with Crippen molar-refractivity contribution >= 4 is 5.91 Å². The van der Waals surface area contributed by atoms with Crippen LogP contribution in [0.4, 0.5) is 13.2 Å². The van der Waals surface area contributed by atoms with Gasteiger partial charge in [-0.3, -0.25) is 4.79 Å². The van der Waals surface area contributed by atoms with E-state index in [-0.39, 0.29) is 24.8 Å². The van der Waals surface area contributed by atoms with Gasteiger partial charge in [0.05, 0.1) is 5.92 Å². The van der Waals surface area contributed by atoms with Gasteiger partial charge in [-0.2, -0.15) is 13.2 Å². The predicted octanol–water partition coefficient (Wildman–Crippen LogP) is 3.26. The summed E-state index contributed by atoms with van der Waals surface area (Å²) in [5.74, 6) is -1.37. The molecule has 1 aromatic rings. The van der Waals surface area contributed by atoms with Crippen LogP contribution in [0.25, 0.3) is 0 Å². The van der Waals surface area contributed by atoms with Crippen molar-refractivity contribution in [2.45, 2.75) is 44.4 Å². The largest absolute Gasteiger partial charge is 0.391 e. The summed E-state index contributed by atoms with van der Waals surface area (Å²) in [5.41, 5.74) is 1.45. The first-order valence-corrected chi connectivity index (χ1v) is 7.51. The van der Waals surface area contributed by atoms with Crippen molar-refractivity contribution in [1.82, 2.24) is 10.6 Å². The molecule has 0 saturated heterocycles. The number of carbonyl (C=O) groups is 1. The zero-order chi connectivity index (χ0) is 16.2. The second-order valence-electron chi connectivity index (χ2n) is 5.76. The van der Waals surface area contributed by atoms with E-state index < -0.39 is 12.1 Å². The Morgan fingerprint density at radius 3 is 2.77 bits per heavy atom. The Balaban J connectivity index is 1.91. The van der Waals surface area contributed by atoms with Gasteiger partial charge in [-0.25, -0.2) is 0 Å². The molecule has 0 radical (unpaired) electrons. The van der Waals surface area contributed by atoms with Gasteiger partial charge >= 0.3 is 6.18 Å². The van der Waals surface area contributed by atoms with Crippen LogP contribution in [-0.4, -0.2) is 25.2 Å². The molecule has 3 nitrogen and oxygen atoms in total. The van der Waals surface area contributed by atoms with Crippen LogP contribution in [0.1, 0.15) is 41.6 Å². The highest BCUT2D eigenvalue weighted by Crippen LogP contribution is 2.37. The van der Waals surface area contributed by atoms with E-state index in [0.717, 1.165) is 12.0 Å². The van der Waals surface area contributed by atoms with Crippen molar-refractivity contribution in [3.63, 3.8) is 0 Å². The van der Waals surface area contributed by atoms with Crippen molar-refractivity contribution in [2.75, 3.05) is 7.05 Å². The van der Waals surface area contributed by atoms with Crippen LogP contribution < -0.4 is 10.6 Å². The van der Waals surface area contributed by atoms with Crippen LogP contribution in [0.15, 0.2) is 24.3 Å². The zero-order valence-corrected chi connectivity index (χ0v) is 12.5. The van der Waals surface area contributed by atoms with Gasteiger partial charge in [-0.1, -0.05) is 18.6 Å². The lowest BCUT2D eigenvalue weighted by Gasteiger charge is -2.31. The summed E-state index contributed by atoms with van der Waals surface area (Å²) in [6.45, 7) is 0.472. The fourth-order valence-corrected chi connectivity index (χ4v) is 2.90. The van der Waals surface area contributed by atoms with Gasteiger partial charge in [0.2, 0.25) is 0 Å². The summed E-state index contributed by atoms with van der Waals surface area (Å²) in [5, 5.41) is 5.74. The maximum atomic E-state index is 12.8. The number of alkyl halides is 3. The predicted molar refractivity (Wildman–Crippen MR) is 78.5 cm³/mol. The first-order chi connectivity index (χ1) is 10.4. The first kappa shape index (κ1) is 16.8. The molecule has 2 rings (SSSR count). The summed E-state index contributed by atoms with van der Waals surface area (Å²) < 4.78 is 38.4. The van der Waals surface area contributed by atoms with E-state index in [1.165, 1.54) is 0 Å². The Bertz CT molecular complexity index is 516. The van der Waals surface area contributed by atoms with Gasteiger partial charge in [0, 0.05) is 25.2 Å². The highest BCUT2D eigenvalue weighted by atomic mass is 19.4. The van der Waals surface area contributed by atoms with Crippen LogP contribution in [0.5, 0.6) is 0 Å². The third-order valence-electron chi connectivity index (χ3n) is 4.15. The Morgan fingerprint density at radius 1 is 1.32 bits per heavy atom. The first-order valence-electron chi connectivity index (χ1n) is 7.51. The molecule has 0 aliphatic heterocycles. The molecule has 1 aromatic carbocycles. The third-order valence-corrected chi connectivity index (χ3v) is 4.15. The molecular weight excluding hydrogens is 293 g/mol. The molecule has 2 atom stereocenters. The molecule has 1 aliphatic carbocycles. The van der Waals surface area contributed by atoms with Crippen LogP contribution in [0, 0.1) is 5.92 Å². The molecule has 0 spiro atoms. The van der Waals surface area contributed by atoms with E-state index in [1.54, 1.807) is 25.2 Å². The molecule has 1 aliphatic rings. The number of amides is 1. The Morgan fingerprint density at radius 2 is 2.09 bits per heavy atom. The van der Waals surface area contributed by atoms with Gasteiger partial charge in [-0.15, -0.1) is 0 Å². The lowest BCUT2D eigenvalue weighted by atomic mass is 9.85.